The van der Waals surface area contributed by atoms with E-state index in [1.165, 1.54) is 0 Å². The van der Waals surface area contributed by atoms with E-state index < -0.39 is 18.6 Å². The molecular weight excluding hydrogens is 400 g/mol. The van der Waals surface area contributed by atoms with Crippen molar-refractivity contribution in [3.8, 4) is 0 Å². The van der Waals surface area contributed by atoms with Gasteiger partial charge in [-0.15, -0.1) is 24.0 Å². The number of hydrogen-bond acceptors (Lipinski definition) is 2. The van der Waals surface area contributed by atoms with Crippen molar-refractivity contribution in [1.29, 1.82) is 0 Å². The van der Waals surface area contributed by atoms with Crippen molar-refractivity contribution in [2.75, 3.05) is 33.2 Å². The highest BCUT2D eigenvalue weighted by Crippen LogP contribution is 2.16. The Morgan fingerprint density at radius 1 is 1.38 bits per heavy atom. The normalized spacial score (nSPS) is 17.4. The van der Waals surface area contributed by atoms with E-state index in [1.807, 2.05) is 4.90 Å². The zero-order valence-corrected chi connectivity index (χ0v) is 14.5. The Bertz CT molecular complexity index is 368. The summed E-state index contributed by atoms with van der Waals surface area (Å²) in [5.41, 5.74) is 5.75. The van der Waals surface area contributed by atoms with Gasteiger partial charge in [-0.2, -0.15) is 13.2 Å². The minimum Gasteiger partial charge on any atom is -0.370 e. The fourth-order valence-corrected chi connectivity index (χ4v) is 1.96. The van der Waals surface area contributed by atoms with E-state index in [0.717, 1.165) is 33.0 Å². The number of amides is 1. The quantitative estimate of drug-likeness (QED) is 0.428. The number of likely N-dealkylation sites (tertiary alicyclic amines) is 1. The summed E-state index contributed by atoms with van der Waals surface area (Å²) < 4.78 is 36.4. The molecule has 1 heterocycles. The SMILES string of the molecule is CC1CCN(C(N)=NCC(=O)N(C)CC(F)(F)F)CC1.I. The summed E-state index contributed by atoms with van der Waals surface area (Å²) in [7, 11) is 1.10. The van der Waals surface area contributed by atoms with Gasteiger partial charge < -0.3 is 15.5 Å². The summed E-state index contributed by atoms with van der Waals surface area (Å²) >= 11 is 0. The molecule has 1 rings (SSSR count). The van der Waals surface area contributed by atoms with Crippen molar-refractivity contribution in [2.24, 2.45) is 16.6 Å². The van der Waals surface area contributed by atoms with E-state index in [-0.39, 0.29) is 36.5 Å². The van der Waals surface area contributed by atoms with Crippen molar-refractivity contribution < 1.29 is 18.0 Å². The maximum atomic E-state index is 12.1. The van der Waals surface area contributed by atoms with Gasteiger partial charge in [-0.3, -0.25) is 4.79 Å². The second kappa shape index (κ2) is 8.64. The molecule has 0 spiro atoms. The molecule has 9 heteroatoms. The van der Waals surface area contributed by atoms with Crippen LogP contribution < -0.4 is 5.73 Å². The molecule has 1 aliphatic heterocycles. The summed E-state index contributed by atoms with van der Waals surface area (Å²) in [5.74, 6) is 0.167. The van der Waals surface area contributed by atoms with Crippen LogP contribution in [0.5, 0.6) is 0 Å². The zero-order valence-electron chi connectivity index (χ0n) is 12.2. The molecule has 0 aromatic carbocycles. The number of nitrogens with zero attached hydrogens (tertiary/aromatic N) is 3. The first kappa shape index (κ1) is 20.3. The van der Waals surface area contributed by atoms with Crippen molar-refractivity contribution >= 4 is 35.8 Å². The minimum absolute atomic E-state index is 0. The number of halogens is 4. The third-order valence-corrected chi connectivity index (χ3v) is 3.33. The van der Waals surface area contributed by atoms with Gasteiger partial charge in [-0.05, 0) is 18.8 Å². The first-order valence-corrected chi connectivity index (χ1v) is 6.54. The maximum absolute atomic E-state index is 12.1. The molecule has 0 saturated carbocycles. The highest BCUT2D eigenvalue weighted by Gasteiger charge is 2.31. The molecule has 0 aromatic rings. The molecule has 0 atom stereocenters. The van der Waals surface area contributed by atoms with Crippen LogP contribution in [0.3, 0.4) is 0 Å². The van der Waals surface area contributed by atoms with E-state index >= 15 is 0 Å². The Morgan fingerprint density at radius 2 is 1.90 bits per heavy atom. The number of aliphatic imine (C=N–C) groups is 1. The Morgan fingerprint density at radius 3 is 2.38 bits per heavy atom. The van der Waals surface area contributed by atoms with Gasteiger partial charge in [0.2, 0.25) is 5.91 Å². The standard InChI is InChI=1S/C12H21F3N4O.HI/c1-9-3-5-19(6-4-9)11(16)17-7-10(20)18(2)8-12(13,14)15;/h9H,3-8H2,1-2H3,(H2,16,17);1H. The number of hydrogen-bond donors (Lipinski definition) is 1. The second-order valence-corrected chi connectivity index (χ2v) is 5.21. The zero-order chi connectivity index (χ0) is 15.3. The van der Waals surface area contributed by atoms with E-state index in [2.05, 4.69) is 11.9 Å². The topological polar surface area (TPSA) is 61.9 Å². The third-order valence-electron chi connectivity index (χ3n) is 3.33. The maximum Gasteiger partial charge on any atom is 0.406 e. The van der Waals surface area contributed by atoms with Gasteiger partial charge in [0.1, 0.15) is 13.1 Å². The van der Waals surface area contributed by atoms with E-state index in [4.69, 9.17) is 5.73 Å². The Kier molecular flexibility index (Phi) is 8.34. The number of carbonyl (C=O) groups excluding carboxylic acids is 1. The van der Waals surface area contributed by atoms with Crippen LogP contribution >= 0.6 is 24.0 Å². The largest absolute Gasteiger partial charge is 0.406 e. The lowest BCUT2D eigenvalue weighted by Gasteiger charge is -2.31. The predicted octanol–water partition coefficient (Wildman–Crippen LogP) is 1.67. The Balaban J connectivity index is 0.00000400. The molecule has 0 bridgehead atoms. The molecule has 0 radical (unpaired) electrons. The van der Waals surface area contributed by atoms with Crippen LogP contribution in [0.4, 0.5) is 13.2 Å². The molecule has 124 valence electrons. The van der Waals surface area contributed by atoms with Gasteiger partial charge in [0.15, 0.2) is 5.96 Å². The second-order valence-electron chi connectivity index (χ2n) is 5.21. The number of carbonyl (C=O) groups is 1. The number of alkyl halides is 3. The number of piperidine rings is 1. The van der Waals surface area contributed by atoms with E-state index in [9.17, 15) is 18.0 Å². The molecule has 1 saturated heterocycles. The van der Waals surface area contributed by atoms with Gasteiger partial charge >= 0.3 is 6.18 Å². The molecule has 1 fully saturated rings. The summed E-state index contributed by atoms with van der Waals surface area (Å²) in [5, 5.41) is 0. The summed E-state index contributed by atoms with van der Waals surface area (Å²) in [6.07, 6.45) is -2.40. The molecule has 5 nitrogen and oxygen atoms in total. The first-order valence-electron chi connectivity index (χ1n) is 6.54. The molecule has 1 aliphatic rings. The highest BCUT2D eigenvalue weighted by atomic mass is 127. The Labute approximate surface area is 139 Å². The summed E-state index contributed by atoms with van der Waals surface area (Å²) in [6.45, 7) is 2.05. The Hall–Kier alpha value is -0.740. The predicted molar refractivity (Wildman–Crippen MR) is 85.6 cm³/mol. The number of nitrogens with two attached hydrogens (primary N) is 1. The summed E-state index contributed by atoms with van der Waals surface area (Å²) in [6, 6.07) is 0. The molecule has 21 heavy (non-hydrogen) atoms. The van der Waals surface area contributed by atoms with Gasteiger partial charge in [0.25, 0.3) is 0 Å². The molecule has 0 unspecified atom stereocenters. The average molecular weight is 422 g/mol. The van der Waals surface area contributed by atoms with Crippen molar-refractivity contribution in [1.82, 2.24) is 9.80 Å². The molecule has 0 aromatic heterocycles. The first-order chi connectivity index (χ1) is 9.19. The number of rotatable bonds is 3. The van der Waals surface area contributed by atoms with E-state index in [0.29, 0.717) is 10.8 Å². The lowest BCUT2D eigenvalue weighted by Crippen LogP contribution is -2.43. The van der Waals surface area contributed by atoms with Crippen LogP contribution in [0.15, 0.2) is 4.99 Å². The van der Waals surface area contributed by atoms with Crippen LogP contribution in [-0.2, 0) is 4.79 Å². The van der Waals surface area contributed by atoms with Gasteiger partial charge in [-0.1, -0.05) is 6.92 Å². The smallest absolute Gasteiger partial charge is 0.370 e. The fraction of sp³-hybridized carbons (Fsp3) is 0.833. The highest BCUT2D eigenvalue weighted by molar-refractivity contribution is 14.0. The lowest BCUT2D eigenvalue weighted by molar-refractivity contribution is -0.157. The van der Waals surface area contributed by atoms with Crippen LogP contribution in [0.2, 0.25) is 0 Å². The lowest BCUT2D eigenvalue weighted by atomic mass is 10.00. The molecule has 1 amide bonds. The molecular formula is C12H22F3IN4O. The van der Waals surface area contributed by atoms with E-state index in [1.54, 1.807) is 0 Å². The average Bonchev–Trinajstić information content (AvgIpc) is 2.34. The minimum atomic E-state index is -4.40. The van der Waals surface area contributed by atoms with Gasteiger partial charge in [0.05, 0.1) is 0 Å². The van der Waals surface area contributed by atoms with Crippen LogP contribution in [0, 0.1) is 5.92 Å². The third kappa shape index (κ3) is 7.72. The van der Waals surface area contributed by atoms with Gasteiger partial charge in [0, 0.05) is 20.1 Å². The monoisotopic (exact) mass is 422 g/mol. The fourth-order valence-electron chi connectivity index (χ4n) is 1.96. The van der Waals surface area contributed by atoms with Gasteiger partial charge in [-0.25, -0.2) is 4.99 Å². The van der Waals surface area contributed by atoms with Crippen LogP contribution in [0.1, 0.15) is 19.8 Å². The number of likely N-dealkylation sites (N-methyl/N-ethyl adjacent to an activating group) is 1. The van der Waals surface area contributed by atoms with Crippen molar-refractivity contribution in [3.63, 3.8) is 0 Å². The molecule has 0 aliphatic carbocycles. The van der Waals surface area contributed by atoms with Crippen LogP contribution in [-0.4, -0.2) is 61.1 Å². The van der Waals surface area contributed by atoms with Crippen molar-refractivity contribution in [2.45, 2.75) is 25.9 Å². The molecule has 2 N–H and O–H groups in total. The summed E-state index contributed by atoms with van der Waals surface area (Å²) in [4.78, 5) is 17.9. The number of guanidine groups is 1. The van der Waals surface area contributed by atoms with Crippen molar-refractivity contribution in [3.05, 3.63) is 0 Å². The van der Waals surface area contributed by atoms with Crippen LogP contribution in [0.25, 0.3) is 0 Å².